The van der Waals surface area contributed by atoms with Gasteiger partial charge < -0.3 is 30.5 Å². The van der Waals surface area contributed by atoms with Crippen LogP contribution in [0.3, 0.4) is 0 Å². The zero-order valence-electron chi connectivity index (χ0n) is 12.8. The van der Waals surface area contributed by atoms with E-state index in [4.69, 9.17) is 5.73 Å². The van der Waals surface area contributed by atoms with Crippen molar-refractivity contribution in [2.24, 2.45) is 0 Å². The van der Waals surface area contributed by atoms with Gasteiger partial charge in [0.25, 0.3) is 0 Å². The SMILES string of the molecule is CC(C)(C)[NH-].Cc1c[c-](C)c(C)c1C.[Cl-].[Cl-].[SiH3].[Ti+4]. The second-order valence-electron chi connectivity index (χ2n) is 5.01. The van der Waals surface area contributed by atoms with Crippen molar-refractivity contribution in [3.8, 4) is 0 Å². The fourth-order valence-corrected chi connectivity index (χ4v) is 1.13. The topological polar surface area (TPSA) is 23.8 Å². The van der Waals surface area contributed by atoms with Crippen molar-refractivity contribution in [2.75, 3.05) is 0 Å². The zero-order valence-corrected chi connectivity index (χ0v) is 17.9. The van der Waals surface area contributed by atoms with Crippen molar-refractivity contribution in [3.05, 3.63) is 34.1 Å². The maximum Gasteiger partial charge on any atom is 4.00 e. The first-order valence-corrected chi connectivity index (χ1v) is 5.08. The molecule has 1 N–H and O–H groups in total. The van der Waals surface area contributed by atoms with Crippen LogP contribution in [0.2, 0.25) is 0 Å². The Bertz CT molecular complexity index is 278. The molecule has 0 fully saturated rings. The van der Waals surface area contributed by atoms with Crippen molar-refractivity contribution in [2.45, 2.75) is 54.0 Å². The van der Waals surface area contributed by atoms with Gasteiger partial charge in [0.05, 0.1) is 0 Å². The average Bonchev–Trinajstić information content (AvgIpc) is 2.14. The minimum absolute atomic E-state index is 0. The minimum Gasteiger partial charge on any atom is -1.00 e. The summed E-state index contributed by atoms with van der Waals surface area (Å²) in [7, 11) is 0. The summed E-state index contributed by atoms with van der Waals surface area (Å²) in [5.74, 6) is 0. The third kappa shape index (κ3) is 14.9. The van der Waals surface area contributed by atoms with E-state index in [0.29, 0.717) is 0 Å². The predicted molar refractivity (Wildman–Crippen MR) is 75.0 cm³/mol. The van der Waals surface area contributed by atoms with Crippen LogP contribution in [0.1, 0.15) is 43.0 Å². The van der Waals surface area contributed by atoms with Gasteiger partial charge in [-0.2, -0.15) is 28.3 Å². The maximum absolute atomic E-state index is 6.94. The summed E-state index contributed by atoms with van der Waals surface area (Å²) in [5.41, 5.74) is 12.4. The van der Waals surface area contributed by atoms with Gasteiger partial charge in [-0.3, -0.25) is 0 Å². The normalized spacial score (nSPS) is 8.44. The van der Waals surface area contributed by atoms with Crippen LogP contribution in [0.25, 0.3) is 5.73 Å². The summed E-state index contributed by atoms with van der Waals surface area (Å²) in [4.78, 5) is 0. The van der Waals surface area contributed by atoms with Crippen molar-refractivity contribution >= 4 is 11.0 Å². The van der Waals surface area contributed by atoms with Gasteiger partial charge in [0, 0.05) is 0 Å². The van der Waals surface area contributed by atoms with Crippen molar-refractivity contribution in [1.82, 2.24) is 0 Å². The Morgan fingerprint density at radius 1 is 1.06 bits per heavy atom. The largest absolute Gasteiger partial charge is 4.00 e. The van der Waals surface area contributed by atoms with Crippen LogP contribution < -0.4 is 24.8 Å². The molecule has 0 atom stereocenters. The fraction of sp³-hybridized carbons (Fsp3) is 0.615. The number of nitrogens with one attached hydrogen (secondary N) is 1. The predicted octanol–water partition coefficient (Wildman–Crippen LogP) is -2.70. The molecule has 0 aliphatic heterocycles. The fourth-order valence-electron chi connectivity index (χ4n) is 1.13. The number of hydrogen-bond donors (Lipinski definition) is 0. The third-order valence-corrected chi connectivity index (χ3v) is 2.18. The molecule has 105 valence electrons. The smallest absolute Gasteiger partial charge is 1.00 e. The maximum atomic E-state index is 6.94. The van der Waals surface area contributed by atoms with E-state index in [1.807, 2.05) is 20.8 Å². The Balaban J connectivity index is -0.0000000567. The van der Waals surface area contributed by atoms with Crippen LogP contribution in [-0.2, 0) is 21.7 Å². The molecule has 0 unspecified atom stereocenters. The zero-order chi connectivity index (χ0) is 11.5. The van der Waals surface area contributed by atoms with E-state index in [1.165, 1.54) is 22.3 Å². The van der Waals surface area contributed by atoms with Gasteiger partial charge in [-0.15, -0.1) is 5.54 Å². The van der Waals surface area contributed by atoms with Crippen LogP contribution in [-0.4, -0.2) is 16.5 Å². The van der Waals surface area contributed by atoms with Gasteiger partial charge in [0.15, 0.2) is 0 Å². The first-order chi connectivity index (χ1) is 6.13. The molecule has 18 heavy (non-hydrogen) atoms. The summed E-state index contributed by atoms with van der Waals surface area (Å²) >= 11 is 0. The van der Waals surface area contributed by atoms with Crippen LogP contribution in [0.5, 0.6) is 0 Å². The molecule has 0 aliphatic rings. The van der Waals surface area contributed by atoms with Crippen LogP contribution in [0.15, 0.2) is 6.07 Å². The van der Waals surface area contributed by atoms with Crippen LogP contribution in [0.4, 0.5) is 0 Å². The van der Waals surface area contributed by atoms with Crippen molar-refractivity contribution < 1.29 is 46.5 Å². The third-order valence-electron chi connectivity index (χ3n) is 2.18. The van der Waals surface area contributed by atoms with E-state index in [0.717, 1.165) is 0 Å². The molecule has 0 amide bonds. The number of halogens is 2. The second kappa shape index (κ2) is 12.8. The van der Waals surface area contributed by atoms with Crippen molar-refractivity contribution in [1.29, 1.82) is 0 Å². The first kappa shape index (κ1) is 31.3. The molecule has 0 spiro atoms. The number of hydrogen-bond acceptors (Lipinski definition) is 0. The van der Waals surface area contributed by atoms with Gasteiger partial charge >= 0.3 is 21.7 Å². The van der Waals surface area contributed by atoms with Crippen molar-refractivity contribution in [3.63, 3.8) is 0 Å². The molecule has 1 nitrogen and oxygen atoms in total. The average molecular weight is 343 g/mol. The van der Waals surface area contributed by atoms with E-state index in [9.17, 15) is 0 Å². The van der Waals surface area contributed by atoms with E-state index < -0.39 is 0 Å². The molecule has 0 heterocycles. The molecular formula is C13H26Cl2NSiTi. The molecule has 0 aliphatic carbocycles. The van der Waals surface area contributed by atoms with Crippen LogP contribution in [0, 0.1) is 27.7 Å². The summed E-state index contributed by atoms with van der Waals surface area (Å²) in [5, 5.41) is 0. The molecule has 1 aromatic carbocycles. The van der Waals surface area contributed by atoms with Crippen LogP contribution >= 0.6 is 0 Å². The molecule has 0 bridgehead atoms. The number of aryl methyl sites for hydroxylation is 2. The molecule has 1 radical (unpaired) electrons. The molecular weight excluding hydrogens is 317 g/mol. The molecule has 0 aromatic heterocycles. The monoisotopic (exact) mass is 342 g/mol. The van der Waals surface area contributed by atoms with E-state index >= 15 is 0 Å². The van der Waals surface area contributed by atoms with Gasteiger partial charge in [0.2, 0.25) is 0 Å². The Kier molecular flexibility index (Phi) is 22.3. The van der Waals surface area contributed by atoms with Gasteiger partial charge in [-0.05, 0) is 11.0 Å². The Morgan fingerprint density at radius 3 is 1.39 bits per heavy atom. The number of rotatable bonds is 0. The second-order valence-corrected chi connectivity index (χ2v) is 5.01. The Morgan fingerprint density at radius 2 is 1.33 bits per heavy atom. The summed E-state index contributed by atoms with van der Waals surface area (Å²) in [6.07, 6.45) is 0. The molecule has 5 heteroatoms. The van der Waals surface area contributed by atoms with E-state index in [1.54, 1.807) is 0 Å². The molecule has 1 aromatic rings. The van der Waals surface area contributed by atoms with Gasteiger partial charge in [-0.25, -0.2) is 0 Å². The molecule has 0 saturated carbocycles. The summed E-state index contributed by atoms with van der Waals surface area (Å²) in [6, 6.07) is 2.24. The first-order valence-electron chi connectivity index (χ1n) is 5.08. The van der Waals surface area contributed by atoms with E-state index in [-0.39, 0.29) is 63.0 Å². The molecule has 1 rings (SSSR count). The standard InChI is InChI=1S/C9H13.C4H10N.2ClH.H3Si.Ti/c1-6-5-7(2)9(4)8(6)3;1-4(2,3)5;;;;/h5H,1-4H3;5H,1-3H3;2*1H;1H3;/q2*-1;;;;+4/p-2. The van der Waals surface area contributed by atoms with E-state index in [2.05, 4.69) is 33.8 Å². The molecule has 0 saturated heterocycles. The minimum atomic E-state index is -0.250. The summed E-state index contributed by atoms with van der Waals surface area (Å²) < 4.78 is 0. The van der Waals surface area contributed by atoms with Gasteiger partial charge in [0.1, 0.15) is 0 Å². The quantitative estimate of drug-likeness (QED) is 0.362. The summed E-state index contributed by atoms with van der Waals surface area (Å²) in [6.45, 7) is 14.2. The van der Waals surface area contributed by atoms with Gasteiger partial charge in [-0.1, -0.05) is 48.5 Å². The Labute approximate surface area is 145 Å². The Hall–Kier alpha value is 0.821.